The number of rotatable bonds is 6. The summed E-state index contributed by atoms with van der Waals surface area (Å²) in [4.78, 5) is 46.9. The Kier molecular flexibility index (Phi) is 6.88. The number of amides is 1. The summed E-state index contributed by atoms with van der Waals surface area (Å²) >= 11 is 1.16. The van der Waals surface area contributed by atoms with E-state index in [1.807, 2.05) is 45.0 Å². The summed E-state index contributed by atoms with van der Waals surface area (Å²) in [6.07, 6.45) is 2.06. The predicted molar refractivity (Wildman–Crippen MR) is 129 cm³/mol. The second-order valence-corrected chi connectivity index (χ2v) is 9.75. The molecule has 1 N–H and O–H groups in total. The van der Waals surface area contributed by atoms with Crippen LogP contribution in [0.25, 0.3) is 11.0 Å². The Bertz CT molecular complexity index is 1270. The third kappa shape index (κ3) is 4.93. The van der Waals surface area contributed by atoms with Crippen molar-refractivity contribution >= 4 is 34.4 Å². The number of carbonyl (C=O) groups excluding carboxylic acids is 1. The minimum Gasteiger partial charge on any atom is -0.325 e. The second kappa shape index (κ2) is 9.28. The third-order valence-corrected chi connectivity index (χ3v) is 6.03. The zero-order valence-corrected chi connectivity index (χ0v) is 20.2. The van der Waals surface area contributed by atoms with Crippen molar-refractivity contribution in [3.8, 4) is 0 Å². The lowest BCUT2D eigenvalue weighted by molar-refractivity contribution is -0.113. The number of aromatic nitrogens is 4. The fourth-order valence-corrected chi connectivity index (χ4v) is 4.06. The van der Waals surface area contributed by atoms with Crippen LogP contribution in [0.1, 0.15) is 45.5 Å². The van der Waals surface area contributed by atoms with Crippen LogP contribution in [-0.4, -0.2) is 30.8 Å². The van der Waals surface area contributed by atoms with Gasteiger partial charge in [-0.1, -0.05) is 58.0 Å². The average molecular weight is 456 g/mol. The Labute approximate surface area is 191 Å². The molecule has 170 valence electrons. The summed E-state index contributed by atoms with van der Waals surface area (Å²) in [5, 5.41) is 3.51. The van der Waals surface area contributed by atoms with E-state index in [0.29, 0.717) is 10.9 Å². The Morgan fingerprint density at radius 3 is 2.31 bits per heavy atom. The molecule has 0 aliphatic rings. The van der Waals surface area contributed by atoms with E-state index in [2.05, 4.69) is 22.2 Å². The summed E-state index contributed by atoms with van der Waals surface area (Å²) in [6, 6.07) is 7.78. The number of hydrogen-bond acceptors (Lipinski definition) is 6. The molecule has 2 heterocycles. The maximum atomic E-state index is 12.9. The number of nitrogens with one attached hydrogen (secondary N) is 1. The van der Waals surface area contributed by atoms with Crippen LogP contribution in [0.5, 0.6) is 0 Å². The number of nitrogens with zero attached hydrogens (tertiary/aromatic N) is 4. The van der Waals surface area contributed by atoms with Gasteiger partial charge in [-0.25, -0.2) is 14.8 Å². The molecule has 2 aromatic heterocycles. The first-order valence-corrected chi connectivity index (χ1v) is 11.5. The van der Waals surface area contributed by atoms with Crippen LogP contribution in [0.4, 0.5) is 5.69 Å². The van der Waals surface area contributed by atoms with E-state index < -0.39 is 16.7 Å². The van der Waals surface area contributed by atoms with Gasteiger partial charge in [0.25, 0.3) is 5.56 Å². The van der Waals surface area contributed by atoms with E-state index in [4.69, 9.17) is 0 Å². The lowest BCUT2D eigenvalue weighted by Crippen LogP contribution is -2.38. The number of fused-ring (bicyclic) bond motifs is 1. The molecule has 0 saturated carbocycles. The van der Waals surface area contributed by atoms with E-state index >= 15 is 0 Å². The van der Waals surface area contributed by atoms with Crippen molar-refractivity contribution in [2.75, 3.05) is 11.1 Å². The van der Waals surface area contributed by atoms with Crippen LogP contribution in [-0.2, 0) is 30.7 Å². The monoisotopic (exact) mass is 455 g/mol. The van der Waals surface area contributed by atoms with Gasteiger partial charge in [0.05, 0.1) is 5.75 Å². The van der Waals surface area contributed by atoms with Gasteiger partial charge in [0.15, 0.2) is 5.65 Å². The molecule has 8 nitrogen and oxygen atoms in total. The Balaban J connectivity index is 1.92. The average Bonchev–Trinajstić information content (AvgIpc) is 2.75. The molecule has 0 radical (unpaired) electrons. The first kappa shape index (κ1) is 23.7. The van der Waals surface area contributed by atoms with Crippen molar-refractivity contribution in [1.82, 2.24) is 19.1 Å². The molecule has 0 aliphatic heterocycles. The molecule has 1 aromatic carbocycles. The van der Waals surface area contributed by atoms with Crippen LogP contribution in [0.3, 0.4) is 0 Å². The Morgan fingerprint density at radius 2 is 1.72 bits per heavy atom. The highest BCUT2D eigenvalue weighted by Gasteiger charge is 2.24. The summed E-state index contributed by atoms with van der Waals surface area (Å²) in [7, 11) is 3.00. The van der Waals surface area contributed by atoms with Crippen LogP contribution in [0.2, 0.25) is 0 Å². The third-order valence-electron chi connectivity index (χ3n) is 5.05. The molecule has 0 bridgehead atoms. The van der Waals surface area contributed by atoms with Crippen molar-refractivity contribution in [2.24, 2.45) is 14.1 Å². The summed E-state index contributed by atoms with van der Waals surface area (Å²) < 4.78 is 2.38. The molecule has 3 rings (SSSR count). The van der Waals surface area contributed by atoms with E-state index in [1.54, 1.807) is 7.05 Å². The van der Waals surface area contributed by atoms with E-state index in [-0.39, 0.29) is 22.7 Å². The number of aryl methyl sites for hydroxylation is 2. The van der Waals surface area contributed by atoms with Crippen molar-refractivity contribution in [3.05, 3.63) is 56.5 Å². The minimum atomic E-state index is -0.474. The van der Waals surface area contributed by atoms with E-state index in [0.717, 1.165) is 34.9 Å². The smallest absolute Gasteiger partial charge is 0.325 e. The molecule has 9 heteroatoms. The number of carbonyl (C=O) groups is 1. The topological polar surface area (TPSA) is 98.9 Å². The maximum Gasteiger partial charge on any atom is 0.332 e. The van der Waals surface area contributed by atoms with Crippen LogP contribution < -0.4 is 16.6 Å². The number of hydrogen-bond donors (Lipinski definition) is 1. The number of thioether (sulfide) groups is 1. The quantitative estimate of drug-likeness (QED) is 0.453. The van der Waals surface area contributed by atoms with Crippen molar-refractivity contribution < 1.29 is 4.79 Å². The Hall–Kier alpha value is -2.94. The van der Waals surface area contributed by atoms with Crippen molar-refractivity contribution in [3.63, 3.8) is 0 Å². The first-order valence-electron chi connectivity index (χ1n) is 10.5. The summed E-state index contributed by atoms with van der Waals surface area (Å²) in [5.41, 5.74) is 0.884. The molecule has 0 saturated heterocycles. The molecule has 0 unspecified atom stereocenters. The van der Waals surface area contributed by atoms with Gasteiger partial charge >= 0.3 is 5.69 Å². The molecule has 1 amide bonds. The molecule has 0 spiro atoms. The second-order valence-electron chi connectivity index (χ2n) is 8.79. The molecule has 0 aliphatic carbocycles. The fraction of sp³-hybridized carbons (Fsp3) is 0.435. The van der Waals surface area contributed by atoms with Gasteiger partial charge < -0.3 is 5.32 Å². The van der Waals surface area contributed by atoms with Gasteiger partial charge in [0.2, 0.25) is 5.91 Å². The van der Waals surface area contributed by atoms with Crippen molar-refractivity contribution in [2.45, 2.75) is 51.0 Å². The first-order chi connectivity index (χ1) is 15.0. The van der Waals surface area contributed by atoms with Gasteiger partial charge in [-0.3, -0.25) is 18.7 Å². The lowest BCUT2D eigenvalue weighted by Gasteiger charge is -2.19. The zero-order valence-electron chi connectivity index (χ0n) is 19.4. The van der Waals surface area contributed by atoms with Gasteiger partial charge in [0, 0.05) is 25.2 Å². The van der Waals surface area contributed by atoms with Gasteiger partial charge in [0.1, 0.15) is 16.2 Å². The highest BCUT2D eigenvalue weighted by atomic mass is 32.2. The predicted octanol–water partition coefficient (Wildman–Crippen LogP) is 3.01. The molecule has 0 fully saturated rings. The van der Waals surface area contributed by atoms with Crippen LogP contribution >= 0.6 is 11.8 Å². The van der Waals surface area contributed by atoms with E-state index in [9.17, 15) is 14.4 Å². The summed E-state index contributed by atoms with van der Waals surface area (Å²) in [5.74, 6) is 0.366. The van der Waals surface area contributed by atoms with Gasteiger partial charge in [-0.2, -0.15) is 0 Å². The fourth-order valence-electron chi connectivity index (χ4n) is 3.24. The van der Waals surface area contributed by atoms with Crippen molar-refractivity contribution in [1.29, 1.82) is 0 Å². The Morgan fingerprint density at radius 1 is 1.06 bits per heavy atom. The normalized spacial score (nSPS) is 11.7. The largest absolute Gasteiger partial charge is 0.332 e. The highest BCUT2D eigenvalue weighted by Crippen LogP contribution is 2.27. The number of anilines is 1. The van der Waals surface area contributed by atoms with Crippen LogP contribution in [0.15, 0.2) is 38.9 Å². The maximum absolute atomic E-state index is 12.9. The summed E-state index contributed by atoms with van der Waals surface area (Å²) in [6.45, 7) is 7.99. The zero-order chi connectivity index (χ0) is 23.6. The highest BCUT2D eigenvalue weighted by molar-refractivity contribution is 8.00. The molecular weight excluding hydrogens is 426 g/mol. The standard InChI is InChI=1S/C23H29N5O3S/c1-7-8-14-9-11-15(12-10-14)24-16(29)13-32-19-17-18(25-21(26-19)23(2,3)4)27(5)22(31)28(6)20(17)30/h9-12H,7-8,13H2,1-6H3,(H,24,29). The molecule has 32 heavy (non-hydrogen) atoms. The molecule has 0 atom stereocenters. The van der Waals surface area contributed by atoms with E-state index in [1.165, 1.54) is 17.2 Å². The van der Waals surface area contributed by atoms with Crippen LogP contribution in [0, 0.1) is 0 Å². The van der Waals surface area contributed by atoms with Gasteiger partial charge in [-0.05, 0) is 24.1 Å². The SMILES string of the molecule is CCCc1ccc(NC(=O)CSc2nc(C(C)(C)C)nc3c2c(=O)n(C)c(=O)n3C)cc1. The minimum absolute atomic E-state index is 0.0679. The molecule has 3 aromatic rings. The van der Waals surface area contributed by atoms with Gasteiger partial charge in [-0.15, -0.1) is 0 Å². The molecular formula is C23H29N5O3S. The number of benzene rings is 1. The lowest BCUT2D eigenvalue weighted by atomic mass is 9.96.